The highest BCUT2D eigenvalue weighted by Gasteiger charge is 2.13. The highest BCUT2D eigenvalue weighted by Crippen LogP contribution is 2.36. The predicted molar refractivity (Wildman–Crippen MR) is 135 cm³/mol. The van der Waals surface area contributed by atoms with E-state index in [0.717, 1.165) is 5.56 Å². The molecule has 0 bridgehead atoms. The first-order valence-electron chi connectivity index (χ1n) is 10.8. The maximum atomic E-state index is 12.5. The third kappa shape index (κ3) is 6.67. The lowest BCUT2D eigenvalue weighted by Crippen LogP contribution is -2.17. The Kier molecular flexibility index (Phi) is 9.13. The van der Waals surface area contributed by atoms with Crippen LogP contribution in [0.1, 0.15) is 38.8 Å². The number of methoxy groups -OCH3 is 2. The van der Waals surface area contributed by atoms with Gasteiger partial charge < -0.3 is 24.1 Å². The quantitative estimate of drug-likeness (QED) is 0.280. The number of hydrogen-bond donors (Lipinski definition) is 2. The van der Waals surface area contributed by atoms with Crippen molar-refractivity contribution in [1.82, 2.24) is 5.43 Å². The van der Waals surface area contributed by atoms with Gasteiger partial charge in [0.2, 0.25) is 0 Å². The number of carbonyl (C=O) groups is 2. The summed E-state index contributed by atoms with van der Waals surface area (Å²) in [5, 5.41) is 13.3. The molecule has 0 unspecified atom stereocenters. The molecule has 3 rings (SSSR count). The Morgan fingerprint density at radius 3 is 2.28 bits per heavy atom. The molecule has 3 aromatic rings. The first kappa shape index (κ1) is 26.4. The van der Waals surface area contributed by atoms with Gasteiger partial charge in [-0.25, -0.2) is 10.2 Å². The molecule has 9 nitrogen and oxygen atoms in total. The van der Waals surface area contributed by atoms with Gasteiger partial charge in [0.1, 0.15) is 6.61 Å². The van der Waals surface area contributed by atoms with Crippen molar-refractivity contribution in [1.29, 1.82) is 0 Å². The molecule has 1 amide bonds. The van der Waals surface area contributed by atoms with Crippen LogP contribution >= 0.6 is 11.6 Å². The fourth-order valence-electron chi connectivity index (χ4n) is 3.17. The lowest BCUT2D eigenvalue weighted by Gasteiger charge is -2.13. The van der Waals surface area contributed by atoms with Crippen LogP contribution in [0.3, 0.4) is 0 Å². The van der Waals surface area contributed by atoms with E-state index in [1.54, 1.807) is 42.5 Å². The number of halogens is 1. The van der Waals surface area contributed by atoms with Gasteiger partial charge in [-0.05, 0) is 60.5 Å². The second kappa shape index (κ2) is 12.5. The van der Waals surface area contributed by atoms with Crippen molar-refractivity contribution < 1.29 is 33.6 Å². The largest absolute Gasteiger partial charge is 0.493 e. The van der Waals surface area contributed by atoms with Gasteiger partial charge in [0.05, 0.1) is 37.6 Å². The van der Waals surface area contributed by atoms with Gasteiger partial charge in [-0.3, -0.25) is 4.79 Å². The van der Waals surface area contributed by atoms with E-state index in [9.17, 15) is 9.59 Å². The lowest BCUT2D eigenvalue weighted by molar-refractivity contribution is 0.0696. The number of hydrogen-bond acceptors (Lipinski definition) is 7. The standard InChI is InChI=1S/C26H25ClN2O7/c1-4-35-22-13-19(9-10-21(22)33-2)25(30)29-28-14-17-11-20(27)24(23(12-17)34-3)36-15-16-5-7-18(8-6-16)26(31)32/h5-14H,4,15H2,1-3H3,(H,29,30)(H,31,32)/b28-14+. The van der Waals surface area contributed by atoms with E-state index in [1.165, 1.54) is 32.6 Å². The molecule has 36 heavy (non-hydrogen) atoms. The minimum Gasteiger partial charge on any atom is -0.493 e. The van der Waals surface area contributed by atoms with Crippen molar-refractivity contribution in [3.8, 4) is 23.0 Å². The molecule has 0 heterocycles. The molecule has 0 aliphatic carbocycles. The van der Waals surface area contributed by atoms with E-state index < -0.39 is 11.9 Å². The van der Waals surface area contributed by atoms with Crippen LogP contribution in [0.4, 0.5) is 0 Å². The number of rotatable bonds is 11. The molecule has 0 spiro atoms. The van der Waals surface area contributed by atoms with Crippen LogP contribution in [-0.2, 0) is 6.61 Å². The van der Waals surface area contributed by atoms with Crippen LogP contribution in [0.25, 0.3) is 0 Å². The molecule has 0 fully saturated rings. The number of amides is 1. The van der Waals surface area contributed by atoms with Crippen molar-refractivity contribution in [3.05, 3.63) is 81.9 Å². The Labute approximate surface area is 213 Å². The summed E-state index contributed by atoms with van der Waals surface area (Å²) in [6.45, 7) is 2.43. The molecule has 0 saturated heterocycles. The van der Waals surface area contributed by atoms with E-state index >= 15 is 0 Å². The van der Waals surface area contributed by atoms with Gasteiger partial charge in [0, 0.05) is 5.56 Å². The molecule has 0 saturated carbocycles. The number of nitrogens with zero attached hydrogens (tertiary/aromatic N) is 1. The number of carbonyl (C=O) groups excluding carboxylic acids is 1. The number of hydrazone groups is 1. The Balaban J connectivity index is 1.68. The topological polar surface area (TPSA) is 116 Å². The Morgan fingerprint density at radius 1 is 0.944 bits per heavy atom. The number of ether oxygens (including phenoxy) is 4. The molecule has 0 radical (unpaired) electrons. The van der Waals surface area contributed by atoms with E-state index in [1.807, 2.05) is 6.92 Å². The fourth-order valence-corrected chi connectivity index (χ4v) is 3.44. The fraction of sp³-hybridized carbons (Fsp3) is 0.192. The molecule has 0 aliphatic heterocycles. The summed E-state index contributed by atoms with van der Waals surface area (Å²) in [5.74, 6) is 0.250. The maximum absolute atomic E-state index is 12.5. The van der Waals surface area contributed by atoms with Crippen molar-refractivity contribution in [2.24, 2.45) is 5.10 Å². The van der Waals surface area contributed by atoms with Crippen molar-refractivity contribution in [2.45, 2.75) is 13.5 Å². The first-order valence-corrected chi connectivity index (χ1v) is 11.2. The Bertz CT molecular complexity index is 1260. The van der Waals surface area contributed by atoms with Crippen LogP contribution in [0, 0.1) is 0 Å². The summed E-state index contributed by atoms with van der Waals surface area (Å²) in [6, 6.07) is 14.4. The van der Waals surface area contributed by atoms with Crippen LogP contribution < -0.4 is 24.4 Å². The monoisotopic (exact) mass is 512 g/mol. The molecule has 188 valence electrons. The minimum atomic E-state index is -1.00. The van der Waals surface area contributed by atoms with E-state index in [4.69, 9.17) is 35.7 Å². The zero-order valence-corrected chi connectivity index (χ0v) is 20.7. The normalized spacial score (nSPS) is 10.7. The van der Waals surface area contributed by atoms with Crippen LogP contribution in [0.2, 0.25) is 5.02 Å². The van der Waals surface area contributed by atoms with Gasteiger partial charge in [0.15, 0.2) is 23.0 Å². The Morgan fingerprint density at radius 2 is 1.64 bits per heavy atom. The summed E-state index contributed by atoms with van der Waals surface area (Å²) in [5.41, 5.74) is 4.33. The molecule has 0 atom stereocenters. The van der Waals surface area contributed by atoms with Gasteiger partial charge in [-0.15, -0.1) is 0 Å². The summed E-state index contributed by atoms with van der Waals surface area (Å²) in [7, 11) is 3.00. The number of carboxylic acids is 1. The van der Waals surface area contributed by atoms with E-state index in [-0.39, 0.29) is 17.2 Å². The average molecular weight is 513 g/mol. The smallest absolute Gasteiger partial charge is 0.335 e. The molecule has 2 N–H and O–H groups in total. The predicted octanol–water partition coefficient (Wildman–Crippen LogP) is 4.80. The highest BCUT2D eigenvalue weighted by atomic mass is 35.5. The van der Waals surface area contributed by atoms with Gasteiger partial charge in [-0.2, -0.15) is 5.10 Å². The summed E-state index contributed by atoms with van der Waals surface area (Å²) in [4.78, 5) is 23.5. The first-order chi connectivity index (χ1) is 17.4. The zero-order valence-electron chi connectivity index (χ0n) is 19.9. The molecule has 10 heteroatoms. The number of benzene rings is 3. The Hall–Kier alpha value is -4.24. The zero-order chi connectivity index (χ0) is 26.1. The van der Waals surface area contributed by atoms with Gasteiger partial charge >= 0.3 is 5.97 Å². The van der Waals surface area contributed by atoms with Crippen molar-refractivity contribution in [2.75, 3.05) is 20.8 Å². The average Bonchev–Trinajstić information content (AvgIpc) is 2.88. The molecule has 0 aliphatic rings. The number of aromatic carboxylic acids is 1. The van der Waals surface area contributed by atoms with Crippen LogP contribution in [0.15, 0.2) is 59.7 Å². The summed E-state index contributed by atoms with van der Waals surface area (Å²) < 4.78 is 21.9. The third-order valence-electron chi connectivity index (χ3n) is 4.94. The number of nitrogens with one attached hydrogen (secondary N) is 1. The van der Waals surface area contributed by atoms with Gasteiger partial charge in [0.25, 0.3) is 5.91 Å². The van der Waals surface area contributed by atoms with Gasteiger partial charge in [-0.1, -0.05) is 23.7 Å². The summed E-state index contributed by atoms with van der Waals surface area (Å²) in [6.07, 6.45) is 1.42. The summed E-state index contributed by atoms with van der Waals surface area (Å²) >= 11 is 6.40. The minimum absolute atomic E-state index is 0.158. The van der Waals surface area contributed by atoms with E-state index in [0.29, 0.717) is 40.7 Å². The SMILES string of the molecule is CCOc1cc(C(=O)N/N=C/c2cc(Cl)c(OCc3ccc(C(=O)O)cc3)c(OC)c2)ccc1OC. The number of carboxylic acid groups (broad SMARTS) is 1. The second-order valence-corrected chi connectivity index (χ2v) is 7.73. The van der Waals surface area contributed by atoms with Crippen LogP contribution in [-0.4, -0.2) is 44.0 Å². The lowest BCUT2D eigenvalue weighted by atomic mass is 10.1. The van der Waals surface area contributed by atoms with Crippen molar-refractivity contribution >= 4 is 29.7 Å². The van der Waals surface area contributed by atoms with Crippen molar-refractivity contribution in [3.63, 3.8) is 0 Å². The molecule has 0 aromatic heterocycles. The molecule has 3 aromatic carbocycles. The van der Waals surface area contributed by atoms with Crippen LogP contribution in [0.5, 0.6) is 23.0 Å². The molecular weight excluding hydrogens is 488 g/mol. The van der Waals surface area contributed by atoms with E-state index in [2.05, 4.69) is 10.5 Å². The highest BCUT2D eigenvalue weighted by molar-refractivity contribution is 6.32. The molecular formula is C26H25ClN2O7. The maximum Gasteiger partial charge on any atom is 0.335 e. The second-order valence-electron chi connectivity index (χ2n) is 7.32. The third-order valence-corrected chi connectivity index (χ3v) is 5.22.